The van der Waals surface area contributed by atoms with E-state index < -0.39 is 0 Å². The number of benzene rings is 1. The van der Waals surface area contributed by atoms with Crippen LogP contribution in [0.2, 0.25) is 0 Å². The lowest BCUT2D eigenvalue weighted by Gasteiger charge is -2.35. The quantitative estimate of drug-likeness (QED) is 0.757. The van der Waals surface area contributed by atoms with Gasteiger partial charge in [-0.2, -0.15) is 0 Å². The zero-order valence-electron chi connectivity index (χ0n) is 16.7. The molecule has 7 nitrogen and oxygen atoms in total. The van der Waals surface area contributed by atoms with E-state index in [0.29, 0.717) is 44.9 Å². The van der Waals surface area contributed by atoms with E-state index in [1.807, 2.05) is 4.90 Å². The summed E-state index contributed by atoms with van der Waals surface area (Å²) in [7, 11) is 0. The Morgan fingerprint density at radius 1 is 1.14 bits per heavy atom. The first-order valence-corrected chi connectivity index (χ1v) is 10.1. The standard InChI is InChI=1S/C21H29FN4O3/c1-2-8-23-21(28)26-13-14-29-19(16-26)15-24-9-3-10-25(12-11-24)20(27)17-4-6-18(22)7-5-17/h2,4-7,19H,1,3,8-16H2,(H,23,28). The number of carbonyl (C=O) groups excluding carboxylic acids is 2. The predicted molar refractivity (Wildman–Crippen MR) is 108 cm³/mol. The average molecular weight is 404 g/mol. The maximum Gasteiger partial charge on any atom is 0.317 e. The van der Waals surface area contributed by atoms with Gasteiger partial charge >= 0.3 is 6.03 Å². The van der Waals surface area contributed by atoms with Crippen LogP contribution in [0.4, 0.5) is 9.18 Å². The minimum atomic E-state index is -0.344. The largest absolute Gasteiger partial charge is 0.373 e. The highest BCUT2D eigenvalue weighted by molar-refractivity contribution is 5.94. The Bertz CT molecular complexity index is 712. The van der Waals surface area contributed by atoms with Crippen molar-refractivity contribution in [2.24, 2.45) is 0 Å². The van der Waals surface area contributed by atoms with E-state index in [1.165, 1.54) is 24.3 Å². The van der Waals surface area contributed by atoms with Crippen molar-refractivity contribution in [2.75, 3.05) is 59.0 Å². The molecule has 1 aromatic carbocycles. The zero-order chi connectivity index (χ0) is 20.6. The van der Waals surface area contributed by atoms with Crippen molar-refractivity contribution in [3.8, 4) is 0 Å². The van der Waals surface area contributed by atoms with Gasteiger partial charge in [-0.1, -0.05) is 6.08 Å². The third-order valence-electron chi connectivity index (χ3n) is 5.25. The summed E-state index contributed by atoms with van der Waals surface area (Å²) in [5.74, 6) is -0.408. The fourth-order valence-corrected chi connectivity index (χ4v) is 3.71. The van der Waals surface area contributed by atoms with Crippen LogP contribution in [-0.4, -0.2) is 91.7 Å². The maximum absolute atomic E-state index is 13.1. The molecule has 0 saturated carbocycles. The van der Waals surface area contributed by atoms with Gasteiger partial charge < -0.3 is 19.9 Å². The van der Waals surface area contributed by atoms with Crippen LogP contribution in [0.1, 0.15) is 16.8 Å². The molecule has 2 fully saturated rings. The van der Waals surface area contributed by atoms with Crippen LogP contribution in [0.25, 0.3) is 0 Å². The summed E-state index contributed by atoms with van der Waals surface area (Å²) in [4.78, 5) is 30.7. The third kappa shape index (κ3) is 6.01. The fourth-order valence-electron chi connectivity index (χ4n) is 3.71. The summed E-state index contributed by atoms with van der Waals surface area (Å²) < 4.78 is 19.0. The molecule has 2 saturated heterocycles. The van der Waals surface area contributed by atoms with Gasteiger partial charge in [0.05, 0.1) is 12.7 Å². The predicted octanol–water partition coefficient (Wildman–Crippen LogP) is 1.57. The molecule has 2 heterocycles. The molecule has 2 aliphatic rings. The molecule has 1 N–H and O–H groups in total. The molecule has 0 aliphatic carbocycles. The van der Waals surface area contributed by atoms with E-state index in [4.69, 9.17) is 4.74 Å². The first-order valence-electron chi connectivity index (χ1n) is 10.1. The molecule has 2 aliphatic heterocycles. The van der Waals surface area contributed by atoms with Crippen molar-refractivity contribution in [3.63, 3.8) is 0 Å². The Balaban J connectivity index is 1.49. The number of ether oxygens (including phenoxy) is 1. The van der Waals surface area contributed by atoms with Crippen molar-refractivity contribution >= 4 is 11.9 Å². The van der Waals surface area contributed by atoms with Crippen molar-refractivity contribution in [1.29, 1.82) is 0 Å². The van der Waals surface area contributed by atoms with E-state index in [2.05, 4.69) is 16.8 Å². The van der Waals surface area contributed by atoms with E-state index in [9.17, 15) is 14.0 Å². The smallest absolute Gasteiger partial charge is 0.317 e. The molecule has 1 atom stereocenters. The summed E-state index contributed by atoms with van der Waals surface area (Å²) in [5, 5.41) is 2.81. The van der Waals surface area contributed by atoms with Gasteiger partial charge in [-0.3, -0.25) is 9.69 Å². The Kier molecular flexibility index (Phi) is 7.60. The molecule has 0 bridgehead atoms. The van der Waals surface area contributed by atoms with E-state index >= 15 is 0 Å². The number of amides is 3. The van der Waals surface area contributed by atoms with Gasteiger partial charge in [0, 0.05) is 51.4 Å². The summed E-state index contributed by atoms with van der Waals surface area (Å²) in [6.07, 6.45) is 2.48. The third-order valence-corrected chi connectivity index (χ3v) is 5.25. The number of hydrogen-bond donors (Lipinski definition) is 1. The first kappa shape index (κ1) is 21.3. The SMILES string of the molecule is C=CCNC(=O)N1CCOC(CN2CCCN(C(=O)c3ccc(F)cc3)CC2)C1. The van der Waals surface area contributed by atoms with Gasteiger partial charge in [0.25, 0.3) is 5.91 Å². The van der Waals surface area contributed by atoms with E-state index in [0.717, 1.165) is 26.1 Å². The van der Waals surface area contributed by atoms with Gasteiger partial charge in [0.15, 0.2) is 0 Å². The van der Waals surface area contributed by atoms with Crippen LogP contribution in [-0.2, 0) is 4.74 Å². The van der Waals surface area contributed by atoms with Gasteiger partial charge in [0.2, 0.25) is 0 Å². The molecule has 1 aromatic rings. The highest BCUT2D eigenvalue weighted by Crippen LogP contribution is 2.13. The summed E-state index contributed by atoms with van der Waals surface area (Å²) >= 11 is 0. The van der Waals surface area contributed by atoms with Crippen LogP contribution in [0.3, 0.4) is 0 Å². The molecular weight excluding hydrogens is 375 g/mol. The summed E-state index contributed by atoms with van der Waals surface area (Å²) in [6, 6.07) is 5.60. The zero-order valence-corrected chi connectivity index (χ0v) is 16.7. The lowest BCUT2D eigenvalue weighted by molar-refractivity contribution is -0.0298. The minimum absolute atomic E-state index is 0.0439. The number of nitrogens with one attached hydrogen (secondary N) is 1. The lowest BCUT2D eigenvalue weighted by Crippen LogP contribution is -2.52. The Hall–Kier alpha value is -2.45. The van der Waals surface area contributed by atoms with Crippen LogP contribution in [0, 0.1) is 5.82 Å². The Labute approximate surface area is 171 Å². The van der Waals surface area contributed by atoms with Crippen LogP contribution < -0.4 is 5.32 Å². The Morgan fingerprint density at radius 2 is 1.93 bits per heavy atom. The summed E-state index contributed by atoms with van der Waals surface area (Å²) in [5.41, 5.74) is 0.511. The van der Waals surface area contributed by atoms with Gasteiger partial charge in [0.1, 0.15) is 5.82 Å². The molecule has 3 rings (SSSR count). The second-order valence-corrected chi connectivity index (χ2v) is 7.37. The topological polar surface area (TPSA) is 65.1 Å². The highest BCUT2D eigenvalue weighted by Gasteiger charge is 2.27. The molecule has 3 amide bonds. The normalized spacial score (nSPS) is 20.8. The summed E-state index contributed by atoms with van der Waals surface area (Å²) in [6.45, 7) is 9.35. The number of rotatable bonds is 5. The van der Waals surface area contributed by atoms with Crippen molar-refractivity contribution in [1.82, 2.24) is 20.0 Å². The molecule has 29 heavy (non-hydrogen) atoms. The van der Waals surface area contributed by atoms with Crippen molar-refractivity contribution in [3.05, 3.63) is 48.3 Å². The maximum atomic E-state index is 13.1. The molecular formula is C21H29FN4O3. The van der Waals surface area contributed by atoms with Gasteiger partial charge in [-0.15, -0.1) is 6.58 Å². The number of urea groups is 1. The van der Waals surface area contributed by atoms with Crippen LogP contribution in [0.15, 0.2) is 36.9 Å². The monoisotopic (exact) mass is 404 g/mol. The second-order valence-electron chi connectivity index (χ2n) is 7.37. The van der Waals surface area contributed by atoms with Crippen LogP contribution >= 0.6 is 0 Å². The number of nitrogens with zero attached hydrogens (tertiary/aromatic N) is 3. The van der Waals surface area contributed by atoms with Gasteiger partial charge in [-0.05, 0) is 37.2 Å². The second kappa shape index (κ2) is 10.4. The van der Waals surface area contributed by atoms with Crippen molar-refractivity contribution in [2.45, 2.75) is 12.5 Å². The average Bonchev–Trinajstić information content (AvgIpc) is 2.98. The molecule has 0 radical (unpaired) electrons. The van der Waals surface area contributed by atoms with E-state index in [1.54, 1.807) is 11.0 Å². The Morgan fingerprint density at radius 3 is 2.69 bits per heavy atom. The van der Waals surface area contributed by atoms with Gasteiger partial charge in [-0.25, -0.2) is 9.18 Å². The molecule has 8 heteroatoms. The fraction of sp³-hybridized carbons (Fsp3) is 0.524. The molecule has 0 aromatic heterocycles. The number of morpholine rings is 1. The number of hydrogen-bond acceptors (Lipinski definition) is 4. The first-order chi connectivity index (χ1) is 14.1. The molecule has 158 valence electrons. The number of halogens is 1. The van der Waals surface area contributed by atoms with Crippen molar-refractivity contribution < 1.29 is 18.7 Å². The van der Waals surface area contributed by atoms with E-state index in [-0.39, 0.29) is 23.9 Å². The minimum Gasteiger partial charge on any atom is -0.373 e. The molecule has 0 spiro atoms. The van der Waals surface area contributed by atoms with Crippen LogP contribution in [0.5, 0.6) is 0 Å². The highest BCUT2D eigenvalue weighted by atomic mass is 19.1. The number of carbonyl (C=O) groups is 2. The lowest BCUT2D eigenvalue weighted by atomic mass is 10.2. The molecule has 1 unspecified atom stereocenters.